The van der Waals surface area contributed by atoms with Gasteiger partial charge in [-0.2, -0.15) is 8.78 Å². The summed E-state index contributed by atoms with van der Waals surface area (Å²) in [6, 6.07) is 10.7. The Labute approximate surface area is 112 Å². The van der Waals surface area contributed by atoms with Gasteiger partial charge in [0, 0.05) is 10.6 Å². The minimum atomic E-state index is -2.53. The minimum absolute atomic E-state index is 0.191. The lowest BCUT2D eigenvalue weighted by atomic mass is 10.2. The van der Waals surface area contributed by atoms with Crippen LogP contribution in [0.15, 0.2) is 47.4 Å². The van der Waals surface area contributed by atoms with E-state index in [9.17, 15) is 13.2 Å². The number of hydrogen-bond donors (Lipinski definition) is 2. The molecule has 0 aliphatic carbocycles. The van der Waals surface area contributed by atoms with Gasteiger partial charge in [0.05, 0.1) is 11.4 Å². The summed E-state index contributed by atoms with van der Waals surface area (Å²) < 4.78 is 38.5. The molecule has 0 aliphatic heterocycles. The summed E-state index contributed by atoms with van der Waals surface area (Å²) in [5.74, 6) is -3.06. The van der Waals surface area contributed by atoms with Crippen LogP contribution in [0.25, 0.3) is 0 Å². The Morgan fingerprint density at radius 3 is 2.47 bits per heavy atom. The van der Waals surface area contributed by atoms with Crippen molar-refractivity contribution in [2.45, 2.75) is 10.7 Å². The standard InChI is InChI=1S/C13H11F3N2S/c14-9-7-8(17)5-6-10(9)18-11-3-1-2-4-12(11)19-13(15)16/h1-7,13,18H,17H2. The van der Waals surface area contributed by atoms with Gasteiger partial charge in [0.25, 0.3) is 5.76 Å². The molecule has 0 aliphatic rings. The molecule has 0 spiro atoms. The van der Waals surface area contributed by atoms with Crippen LogP contribution in [-0.4, -0.2) is 5.76 Å². The van der Waals surface area contributed by atoms with Crippen LogP contribution in [0, 0.1) is 5.82 Å². The highest BCUT2D eigenvalue weighted by Gasteiger charge is 2.11. The van der Waals surface area contributed by atoms with E-state index in [0.29, 0.717) is 28.0 Å². The lowest BCUT2D eigenvalue weighted by Gasteiger charge is -2.12. The normalized spacial score (nSPS) is 10.7. The predicted octanol–water partition coefficient (Wildman–Crippen LogP) is 4.47. The number of hydrogen-bond acceptors (Lipinski definition) is 3. The van der Waals surface area contributed by atoms with Crippen molar-refractivity contribution in [3.8, 4) is 0 Å². The van der Waals surface area contributed by atoms with Crippen molar-refractivity contribution < 1.29 is 13.2 Å². The van der Waals surface area contributed by atoms with Crippen molar-refractivity contribution in [3.63, 3.8) is 0 Å². The van der Waals surface area contributed by atoms with Gasteiger partial charge in [-0.05, 0) is 30.3 Å². The zero-order valence-electron chi connectivity index (χ0n) is 9.74. The fourth-order valence-electron chi connectivity index (χ4n) is 1.55. The second-order valence-electron chi connectivity index (χ2n) is 3.74. The Morgan fingerprint density at radius 2 is 1.79 bits per heavy atom. The summed E-state index contributed by atoms with van der Waals surface area (Å²) >= 11 is 0.410. The van der Waals surface area contributed by atoms with Gasteiger partial charge in [0.15, 0.2) is 0 Å². The quantitative estimate of drug-likeness (QED) is 0.642. The van der Waals surface area contributed by atoms with E-state index in [4.69, 9.17) is 5.73 Å². The topological polar surface area (TPSA) is 38.0 Å². The molecule has 0 aromatic heterocycles. The number of rotatable bonds is 4. The summed E-state index contributed by atoms with van der Waals surface area (Å²) in [5.41, 5.74) is 6.37. The van der Waals surface area contributed by atoms with Crippen LogP contribution >= 0.6 is 11.8 Å². The highest BCUT2D eigenvalue weighted by molar-refractivity contribution is 7.99. The smallest absolute Gasteiger partial charge is 0.288 e. The van der Waals surface area contributed by atoms with E-state index in [0.717, 1.165) is 0 Å². The number of alkyl halides is 2. The zero-order chi connectivity index (χ0) is 13.8. The molecule has 2 nitrogen and oxygen atoms in total. The molecule has 0 heterocycles. The molecule has 100 valence electrons. The van der Waals surface area contributed by atoms with Gasteiger partial charge in [-0.15, -0.1) is 0 Å². The highest BCUT2D eigenvalue weighted by atomic mass is 32.2. The molecule has 0 fully saturated rings. The number of thioether (sulfide) groups is 1. The average Bonchev–Trinajstić information content (AvgIpc) is 2.34. The summed E-state index contributed by atoms with van der Waals surface area (Å²) in [4.78, 5) is 0.355. The van der Waals surface area contributed by atoms with Crippen LogP contribution in [0.4, 0.5) is 30.2 Å². The molecular weight excluding hydrogens is 273 g/mol. The van der Waals surface area contributed by atoms with E-state index < -0.39 is 11.6 Å². The predicted molar refractivity (Wildman–Crippen MR) is 72.4 cm³/mol. The van der Waals surface area contributed by atoms with E-state index in [1.54, 1.807) is 24.3 Å². The maximum atomic E-state index is 13.6. The van der Waals surface area contributed by atoms with Crippen LogP contribution < -0.4 is 11.1 Å². The van der Waals surface area contributed by atoms with Crippen molar-refractivity contribution in [1.82, 2.24) is 0 Å². The first-order valence-corrected chi connectivity index (χ1v) is 6.30. The van der Waals surface area contributed by atoms with Gasteiger partial charge in [-0.1, -0.05) is 23.9 Å². The minimum Gasteiger partial charge on any atom is -0.399 e. The van der Waals surface area contributed by atoms with E-state index in [1.165, 1.54) is 18.2 Å². The van der Waals surface area contributed by atoms with E-state index in [-0.39, 0.29) is 5.69 Å². The Balaban J connectivity index is 2.27. The van der Waals surface area contributed by atoms with Gasteiger partial charge in [0.2, 0.25) is 0 Å². The average molecular weight is 284 g/mol. The Bertz CT molecular complexity index is 576. The second kappa shape index (κ2) is 5.88. The fraction of sp³-hybridized carbons (Fsp3) is 0.0769. The van der Waals surface area contributed by atoms with Gasteiger partial charge in [-0.3, -0.25) is 0 Å². The number of para-hydroxylation sites is 1. The number of nitrogens with two attached hydrogens (primary N) is 1. The molecule has 0 amide bonds. The van der Waals surface area contributed by atoms with Gasteiger partial charge in [0.1, 0.15) is 5.82 Å². The SMILES string of the molecule is Nc1ccc(Nc2ccccc2SC(F)F)c(F)c1. The first-order valence-electron chi connectivity index (χ1n) is 5.42. The third kappa shape index (κ3) is 3.57. The molecule has 0 atom stereocenters. The Kier molecular flexibility index (Phi) is 4.21. The fourth-order valence-corrected chi connectivity index (χ4v) is 2.14. The first-order chi connectivity index (χ1) is 9.06. The second-order valence-corrected chi connectivity index (χ2v) is 4.77. The number of anilines is 3. The van der Waals surface area contributed by atoms with Crippen LogP contribution in [0.2, 0.25) is 0 Å². The molecule has 0 saturated carbocycles. The third-order valence-electron chi connectivity index (χ3n) is 2.37. The van der Waals surface area contributed by atoms with Crippen molar-refractivity contribution in [2.24, 2.45) is 0 Å². The summed E-state index contributed by atoms with van der Waals surface area (Å²) in [5, 5.41) is 2.79. The molecule has 0 unspecified atom stereocenters. The highest BCUT2D eigenvalue weighted by Crippen LogP contribution is 2.34. The van der Waals surface area contributed by atoms with Crippen LogP contribution in [0.1, 0.15) is 0 Å². The molecule has 0 saturated heterocycles. The Morgan fingerprint density at radius 1 is 1.05 bits per heavy atom. The third-order valence-corrected chi connectivity index (χ3v) is 3.15. The number of nitrogens with one attached hydrogen (secondary N) is 1. The maximum absolute atomic E-state index is 13.6. The van der Waals surface area contributed by atoms with Crippen molar-refractivity contribution in [1.29, 1.82) is 0 Å². The van der Waals surface area contributed by atoms with Crippen LogP contribution in [0.5, 0.6) is 0 Å². The van der Waals surface area contributed by atoms with E-state index >= 15 is 0 Å². The zero-order valence-corrected chi connectivity index (χ0v) is 10.6. The molecule has 6 heteroatoms. The van der Waals surface area contributed by atoms with Gasteiger partial charge in [-0.25, -0.2) is 4.39 Å². The van der Waals surface area contributed by atoms with Crippen molar-refractivity contribution in [3.05, 3.63) is 48.3 Å². The van der Waals surface area contributed by atoms with Crippen molar-refractivity contribution >= 4 is 28.8 Å². The van der Waals surface area contributed by atoms with Gasteiger partial charge >= 0.3 is 0 Å². The van der Waals surface area contributed by atoms with E-state index in [2.05, 4.69) is 5.32 Å². The number of halogens is 3. The summed E-state index contributed by atoms with van der Waals surface area (Å²) in [7, 11) is 0. The number of nitrogen functional groups attached to an aromatic ring is 1. The summed E-state index contributed by atoms with van der Waals surface area (Å²) in [6.07, 6.45) is 0. The molecule has 2 aromatic rings. The number of benzene rings is 2. The Hall–Kier alpha value is -1.82. The van der Waals surface area contributed by atoms with Crippen LogP contribution in [0.3, 0.4) is 0 Å². The molecule has 3 N–H and O–H groups in total. The van der Waals surface area contributed by atoms with Gasteiger partial charge < -0.3 is 11.1 Å². The van der Waals surface area contributed by atoms with Crippen molar-refractivity contribution in [2.75, 3.05) is 11.1 Å². The molecule has 0 bridgehead atoms. The van der Waals surface area contributed by atoms with E-state index in [1.807, 2.05) is 0 Å². The largest absolute Gasteiger partial charge is 0.399 e. The lowest BCUT2D eigenvalue weighted by molar-refractivity contribution is 0.252. The molecule has 19 heavy (non-hydrogen) atoms. The summed E-state index contributed by atoms with van der Waals surface area (Å²) in [6.45, 7) is 0. The molecule has 0 radical (unpaired) electrons. The molecule has 2 aromatic carbocycles. The van der Waals surface area contributed by atoms with Crippen LogP contribution in [-0.2, 0) is 0 Å². The first kappa shape index (κ1) is 13.6. The lowest BCUT2D eigenvalue weighted by Crippen LogP contribution is -1.97. The molecular formula is C13H11F3N2S. The monoisotopic (exact) mass is 284 g/mol. The maximum Gasteiger partial charge on any atom is 0.288 e. The molecule has 2 rings (SSSR count).